The van der Waals surface area contributed by atoms with Crippen molar-refractivity contribution in [2.24, 2.45) is 5.41 Å². The molecule has 17 heavy (non-hydrogen) atoms. The quantitative estimate of drug-likeness (QED) is 0.817. The predicted molar refractivity (Wildman–Crippen MR) is 73.4 cm³/mol. The average molecular weight is 253 g/mol. The molecule has 1 aliphatic heterocycles. The molecule has 2 heterocycles. The summed E-state index contributed by atoms with van der Waals surface area (Å²) in [4.78, 5) is 4.48. The summed E-state index contributed by atoms with van der Waals surface area (Å²) in [7, 11) is 0. The number of rotatable bonds is 6. The molecule has 2 N–H and O–H groups in total. The summed E-state index contributed by atoms with van der Waals surface area (Å²) in [5, 5.41) is 10.4. The van der Waals surface area contributed by atoms with Gasteiger partial charge in [-0.25, -0.2) is 4.98 Å². The topological polar surface area (TPSA) is 37.0 Å². The zero-order chi connectivity index (χ0) is 12.1. The van der Waals surface area contributed by atoms with Gasteiger partial charge in [-0.15, -0.1) is 11.3 Å². The molecule has 0 aromatic carbocycles. The molecule has 0 bridgehead atoms. The molecular weight excluding hydrogens is 230 g/mol. The van der Waals surface area contributed by atoms with Crippen LogP contribution in [-0.4, -0.2) is 24.6 Å². The predicted octanol–water partition coefficient (Wildman–Crippen LogP) is 2.32. The Kier molecular flexibility index (Phi) is 4.54. The Morgan fingerprint density at radius 2 is 2.47 bits per heavy atom. The molecule has 0 spiro atoms. The van der Waals surface area contributed by atoms with E-state index in [0.29, 0.717) is 5.41 Å². The van der Waals surface area contributed by atoms with Crippen LogP contribution in [0.4, 0.5) is 0 Å². The molecule has 0 radical (unpaired) electrons. The summed E-state index contributed by atoms with van der Waals surface area (Å²) in [6.07, 6.45) is 3.91. The van der Waals surface area contributed by atoms with E-state index in [2.05, 4.69) is 34.8 Å². The largest absolute Gasteiger partial charge is 0.316 e. The molecule has 1 atom stereocenters. The second-order valence-corrected chi connectivity index (χ2v) is 6.20. The third kappa shape index (κ3) is 3.50. The molecule has 1 aromatic rings. The van der Waals surface area contributed by atoms with Crippen molar-refractivity contribution < 1.29 is 0 Å². The minimum Gasteiger partial charge on any atom is -0.316 e. The van der Waals surface area contributed by atoms with Gasteiger partial charge in [0, 0.05) is 25.0 Å². The third-order valence-electron chi connectivity index (χ3n) is 3.59. The summed E-state index contributed by atoms with van der Waals surface area (Å²) >= 11 is 1.73. The van der Waals surface area contributed by atoms with Crippen LogP contribution in [0.25, 0.3) is 0 Å². The lowest BCUT2D eigenvalue weighted by atomic mass is 9.82. The minimum atomic E-state index is 0.486. The Balaban J connectivity index is 1.79. The van der Waals surface area contributed by atoms with Crippen molar-refractivity contribution in [1.29, 1.82) is 0 Å². The summed E-state index contributed by atoms with van der Waals surface area (Å²) < 4.78 is 0. The number of hydrogen-bond donors (Lipinski definition) is 2. The molecule has 2 rings (SSSR count). The van der Waals surface area contributed by atoms with Crippen LogP contribution >= 0.6 is 11.3 Å². The van der Waals surface area contributed by atoms with E-state index in [1.54, 1.807) is 11.3 Å². The summed E-state index contributed by atoms with van der Waals surface area (Å²) in [5.41, 5.74) is 1.67. The Morgan fingerprint density at radius 1 is 1.59 bits per heavy atom. The highest BCUT2D eigenvalue weighted by molar-refractivity contribution is 7.09. The van der Waals surface area contributed by atoms with Gasteiger partial charge < -0.3 is 10.6 Å². The number of aryl methyl sites for hydroxylation is 1. The summed E-state index contributed by atoms with van der Waals surface area (Å²) in [5.74, 6) is 0. The number of thiazole rings is 1. The van der Waals surface area contributed by atoms with Gasteiger partial charge in [0.05, 0.1) is 10.7 Å². The zero-order valence-corrected chi connectivity index (χ0v) is 11.7. The van der Waals surface area contributed by atoms with Crippen LogP contribution in [0.15, 0.2) is 5.38 Å². The molecule has 1 aromatic heterocycles. The molecule has 0 saturated carbocycles. The van der Waals surface area contributed by atoms with Crippen LogP contribution in [-0.2, 0) is 6.54 Å². The molecule has 96 valence electrons. The molecule has 0 aliphatic carbocycles. The van der Waals surface area contributed by atoms with Crippen molar-refractivity contribution >= 4 is 11.3 Å². The van der Waals surface area contributed by atoms with E-state index >= 15 is 0 Å². The van der Waals surface area contributed by atoms with E-state index in [0.717, 1.165) is 18.1 Å². The van der Waals surface area contributed by atoms with Gasteiger partial charge in [0.1, 0.15) is 0 Å². The number of nitrogens with one attached hydrogen (secondary N) is 2. The van der Waals surface area contributed by atoms with Crippen molar-refractivity contribution in [2.45, 2.75) is 39.7 Å². The Hall–Kier alpha value is -0.450. The Morgan fingerprint density at radius 3 is 3.06 bits per heavy atom. The van der Waals surface area contributed by atoms with E-state index in [9.17, 15) is 0 Å². The van der Waals surface area contributed by atoms with E-state index in [1.807, 2.05) is 0 Å². The van der Waals surface area contributed by atoms with Crippen molar-refractivity contribution in [1.82, 2.24) is 15.6 Å². The van der Waals surface area contributed by atoms with Crippen LogP contribution in [0.1, 0.15) is 36.9 Å². The van der Waals surface area contributed by atoms with Gasteiger partial charge in [-0.3, -0.25) is 0 Å². The normalized spacial score (nSPS) is 24.4. The molecule has 0 amide bonds. The van der Waals surface area contributed by atoms with Gasteiger partial charge in [0.25, 0.3) is 0 Å². The fourth-order valence-electron chi connectivity index (χ4n) is 2.72. The first-order valence-corrected chi connectivity index (χ1v) is 7.44. The van der Waals surface area contributed by atoms with Gasteiger partial charge in [0.15, 0.2) is 0 Å². The molecular formula is C13H23N3S. The van der Waals surface area contributed by atoms with Gasteiger partial charge >= 0.3 is 0 Å². The second kappa shape index (κ2) is 5.94. The molecule has 4 heteroatoms. The second-order valence-electron chi connectivity index (χ2n) is 5.14. The van der Waals surface area contributed by atoms with Crippen LogP contribution in [0.2, 0.25) is 0 Å². The van der Waals surface area contributed by atoms with Crippen LogP contribution in [0, 0.1) is 12.3 Å². The zero-order valence-electron chi connectivity index (χ0n) is 10.9. The lowest BCUT2D eigenvalue weighted by molar-refractivity contribution is 0.275. The standard InChI is InChI=1S/C13H23N3S/c1-3-4-13(5-6-14-9-13)10-15-7-12-8-17-11(2)16-12/h8,14-15H,3-7,9-10H2,1-2H3. The molecule has 1 fully saturated rings. The average Bonchev–Trinajstić information content (AvgIpc) is 2.90. The Bertz CT molecular complexity index is 342. The monoisotopic (exact) mass is 253 g/mol. The first-order chi connectivity index (χ1) is 8.24. The van der Waals surface area contributed by atoms with Gasteiger partial charge in [-0.1, -0.05) is 13.3 Å². The number of aromatic nitrogens is 1. The minimum absolute atomic E-state index is 0.486. The lowest BCUT2D eigenvalue weighted by Crippen LogP contribution is -2.36. The summed E-state index contributed by atoms with van der Waals surface area (Å²) in [6.45, 7) is 8.72. The maximum Gasteiger partial charge on any atom is 0.0897 e. The smallest absolute Gasteiger partial charge is 0.0897 e. The van der Waals surface area contributed by atoms with Crippen molar-refractivity contribution in [3.05, 3.63) is 16.1 Å². The number of nitrogens with zero attached hydrogens (tertiary/aromatic N) is 1. The van der Waals surface area contributed by atoms with Crippen molar-refractivity contribution in [3.63, 3.8) is 0 Å². The van der Waals surface area contributed by atoms with E-state index in [-0.39, 0.29) is 0 Å². The SMILES string of the molecule is CCCC1(CNCc2csc(C)n2)CCNC1. The first kappa shape index (κ1) is 13.0. The number of hydrogen-bond acceptors (Lipinski definition) is 4. The van der Waals surface area contributed by atoms with Crippen molar-refractivity contribution in [3.8, 4) is 0 Å². The highest BCUT2D eigenvalue weighted by Gasteiger charge is 2.32. The maximum absolute atomic E-state index is 4.48. The third-order valence-corrected chi connectivity index (χ3v) is 4.41. The molecule has 3 nitrogen and oxygen atoms in total. The Labute approximate surface area is 108 Å². The molecule has 1 unspecified atom stereocenters. The van der Waals surface area contributed by atoms with Gasteiger partial charge in [-0.05, 0) is 31.7 Å². The van der Waals surface area contributed by atoms with Crippen LogP contribution in [0.3, 0.4) is 0 Å². The fourth-order valence-corrected chi connectivity index (χ4v) is 3.34. The van der Waals surface area contributed by atoms with Crippen molar-refractivity contribution in [2.75, 3.05) is 19.6 Å². The highest BCUT2D eigenvalue weighted by Crippen LogP contribution is 2.30. The van der Waals surface area contributed by atoms with Gasteiger partial charge in [-0.2, -0.15) is 0 Å². The van der Waals surface area contributed by atoms with E-state index in [1.165, 1.54) is 38.0 Å². The van der Waals surface area contributed by atoms with Crippen LogP contribution in [0.5, 0.6) is 0 Å². The summed E-state index contributed by atoms with van der Waals surface area (Å²) in [6, 6.07) is 0. The van der Waals surface area contributed by atoms with Crippen LogP contribution < -0.4 is 10.6 Å². The molecule has 1 aliphatic rings. The highest BCUT2D eigenvalue weighted by atomic mass is 32.1. The first-order valence-electron chi connectivity index (χ1n) is 6.56. The molecule has 1 saturated heterocycles. The van der Waals surface area contributed by atoms with E-state index < -0.39 is 0 Å². The van der Waals surface area contributed by atoms with Gasteiger partial charge in [0.2, 0.25) is 0 Å². The maximum atomic E-state index is 4.48. The lowest BCUT2D eigenvalue weighted by Gasteiger charge is -2.28. The van der Waals surface area contributed by atoms with E-state index in [4.69, 9.17) is 0 Å². The fraction of sp³-hybridized carbons (Fsp3) is 0.769.